The van der Waals surface area contributed by atoms with Crippen molar-refractivity contribution in [3.05, 3.63) is 59.1 Å². The molecular weight excluding hydrogens is 366 g/mol. The van der Waals surface area contributed by atoms with Crippen LogP contribution < -0.4 is 5.32 Å². The predicted molar refractivity (Wildman–Crippen MR) is 110 cm³/mol. The van der Waals surface area contributed by atoms with E-state index in [1.54, 1.807) is 13.4 Å². The molecule has 0 spiro atoms. The Bertz CT molecular complexity index is 1060. The van der Waals surface area contributed by atoms with Gasteiger partial charge >= 0.3 is 0 Å². The molecule has 1 atom stereocenters. The van der Waals surface area contributed by atoms with E-state index in [4.69, 9.17) is 9.72 Å². The van der Waals surface area contributed by atoms with Gasteiger partial charge in [-0.3, -0.25) is 4.79 Å². The molecule has 3 aromatic heterocycles. The smallest absolute Gasteiger partial charge is 0.255 e. The van der Waals surface area contributed by atoms with E-state index < -0.39 is 5.54 Å². The predicted octanol–water partition coefficient (Wildman–Crippen LogP) is 3.38. The normalized spacial score (nSPS) is 18.8. The fourth-order valence-electron chi connectivity index (χ4n) is 4.10. The molecule has 3 aromatic rings. The monoisotopic (exact) mass is 393 g/mol. The minimum Gasteiger partial charge on any atom is -0.378 e. The second-order valence-corrected chi connectivity index (χ2v) is 8.21. The molecule has 7 nitrogen and oxygen atoms in total. The molecule has 1 N–H and O–H groups in total. The van der Waals surface area contributed by atoms with Gasteiger partial charge in [0.05, 0.1) is 23.4 Å². The van der Waals surface area contributed by atoms with E-state index in [-0.39, 0.29) is 11.8 Å². The Morgan fingerprint density at radius 1 is 1.41 bits per heavy atom. The van der Waals surface area contributed by atoms with Crippen molar-refractivity contribution in [1.29, 1.82) is 0 Å². The van der Waals surface area contributed by atoms with Crippen LogP contribution in [-0.2, 0) is 23.3 Å². The highest BCUT2D eigenvalue weighted by Gasteiger charge is 2.35. The molecule has 1 aliphatic carbocycles. The first-order valence-corrected chi connectivity index (χ1v) is 10.0. The van der Waals surface area contributed by atoms with Crippen LogP contribution in [0.4, 0.5) is 0 Å². The summed E-state index contributed by atoms with van der Waals surface area (Å²) in [5.41, 5.74) is 4.66. The summed E-state index contributed by atoms with van der Waals surface area (Å²) in [5.74, 6) is 0.116. The third-order valence-electron chi connectivity index (χ3n) is 5.72. The van der Waals surface area contributed by atoms with Gasteiger partial charge in [0.25, 0.3) is 5.91 Å². The van der Waals surface area contributed by atoms with Crippen LogP contribution in [0.25, 0.3) is 5.65 Å². The van der Waals surface area contributed by atoms with Crippen LogP contribution in [0, 0.1) is 0 Å². The number of nitrogens with zero attached hydrogens (tertiary/aromatic N) is 4. The van der Waals surface area contributed by atoms with Crippen LogP contribution in [-0.4, -0.2) is 32.4 Å². The molecule has 3 heterocycles. The molecule has 0 fully saturated rings. The third kappa shape index (κ3) is 3.51. The standard InChI is InChI=1S/C22H27N5O2/c1-14(2)19-10-15(12-29-4)27-9-7-16(20(27)25-19)21(28)26-22(3)8-5-6-18-17(22)11-23-13-24-18/h7,9-11,13-14H,5-6,8,12H2,1-4H3,(H,26,28). The number of nitrogens with one attached hydrogen (secondary N) is 1. The third-order valence-corrected chi connectivity index (χ3v) is 5.72. The highest BCUT2D eigenvalue weighted by Crippen LogP contribution is 2.34. The van der Waals surface area contributed by atoms with Crippen molar-refractivity contribution in [1.82, 2.24) is 24.7 Å². The SMILES string of the molecule is COCc1cc(C(C)C)nc2c(C(=O)NC3(C)CCCc4ncncc43)ccn12. The van der Waals surface area contributed by atoms with Gasteiger partial charge in [-0.2, -0.15) is 0 Å². The highest BCUT2D eigenvalue weighted by atomic mass is 16.5. The molecule has 0 aromatic carbocycles. The van der Waals surface area contributed by atoms with E-state index >= 15 is 0 Å². The molecule has 0 bridgehead atoms. The molecule has 1 amide bonds. The Kier molecular flexibility index (Phi) is 5.08. The molecule has 0 radical (unpaired) electrons. The van der Waals surface area contributed by atoms with E-state index in [0.29, 0.717) is 17.8 Å². The second kappa shape index (κ2) is 7.55. The van der Waals surface area contributed by atoms with Gasteiger partial charge in [-0.15, -0.1) is 0 Å². The number of methoxy groups -OCH3 is 1. The average molecular weight is 393 g/mol. The van der Waals surface area contributed by atoms with Gasteiger partial charge in [0, 0.05) is 36.5 Å². The van der Waals surface area contributed by atoms with E-state index in [0.717, 1.165) is 41.9 Å². The summed E-state index contributed by atoms with van der Waals surface area (Å²) >= 11 is 0. The zero-order valence-electron chi connectivity index (χ0n) is 17.4. The van der Waals surface area contributed by atoms with Crippen LogP contribution in [0.3, 0.4) is 0 Å². The van der Waals surface area contributed by atoms with Gasteiger partial charge in [0.1, 0.15) is 12.0 Å². The van der Waals surface area contributed by atoms with Crippen molar-refractivity contribution in [3.63, 3.8) is 0 Å². The fraction of sp³-hybridized carbons (Fsp3) is 0.455. The molecule has 7 heteroatoms. The number of hydrogen-bond acceptors (Lipinski definition) is 5. The number of aromatic nitrogens is 4. The first kappa shape index (κ1) is 19.5. The number of carbonyl (C=O) groups excluding carboxylic acids is 1. The lowest BCUT2D eigenvalue weighted by atomic mass is 9.80. The van der Waals surface area contributed by atoms with Crippen LogP contribution in [0.1, 0.15) is 72.5 Å². The van der Waals surface area contributed by atoms with Crippen molar-refractivity contribution in [2.45, 2.75) is 58.1 Å². The van der Waals surface area contributed by atoms with Crippen molar-refractivity contribution in [2.24, 2.45) is 0 Å². The van der Waals surface area contributed by atoms with Crippen molar-refractivity contribution in [3.8, 4) is 0 Å². The molecule has 0 saturated heterocycles. The van der Waals surface area contributed by atoms with E-state index in [1.165, 1.54) is 0 Å². The minimum atomic E-state index is -0.495. The van der Waals surface area contributed by atoms with E-state index in [1.807, 2.05) is 35.9 Å². The number of aryl methyl sites for hydroxylation is 1. The second-order valence-electron chi connectivity index (χ2n) is 8.21. The summed E-state index contributed by atoms with van der Waals surface area (Å²) in [6, 6.07) is 3.87. The summed E-state index contributed by atoms with van der Waals surface area (Å²) in [7, 11) is 1.67. The molecule has 0 aliphatic heterocycles. The Hall–Kier alpha value is -2.80. The maximum atomic E-state index is 13.3. The maximum absolute atomic E-state index is 13.3. The van der Waals surface area contributed by atoms with Crippen molar-refractivity contribution < 1.29 is 9.53 Å². The zero-order chi connectivity index (χ0) is 20.6. The summed E-state index contributed by atoms with van der Waals surface area (Å²) < 4.78 is 7.29. The van der Waals surface area contributed by atoms with Crippen LogP contribution >= 0.6 is 0 Å². The summed E-state index contributed by atoms with van der Waals surface area (Å²) in [6.07, 6.45) is 8.03. The minimum absolute atomic E-state index is 0.136. The number of hydrogen-bond donors (Lipinski definition) is 1. The van der Waals surface area contributed by atoms with Gasteiger partial charge in [0.2, 0.25) is 0 Å². The number of carbonyl (C=O) groups is 1. The largest absolute Gasteiger partial charge is 0.378 e. The van der Waals surface area contributed by atoms with Crippen molar-refractivity contribution in [2.75, 3.05) is 7.11 Å². The summed E-state index contributed by atoms with van der Waals surface area (Å²) in [4.78, 5) is 26.7. The van der Waals surface area contributed by atoms with E-state index in [9.17, 15) is 4.79 Å². The molecule has 29 heavy (non-hydrogen) atoms. The van der Waals surface area contributed by atoms with Crippen molar-refractivity contribution >= 4 is 11.6 Å². The molecule has 152 valence electrons. The van der Waals surface area contributed by atoms with Gasteiger partial charge in [-0.25, -0.2) is 15.0 Å². The number of rotatable bonds is 5. The lowest BCUT2D eigenvalue weighted by Crippen LogP contribution is -2.46. The molecule has 0 saturated carbocycles. The first-order chi connectivity index (χ1) is 13.9. The van der Waals surface area contributed by atoms with Crippen LogP contribution in [0.2, 0.25) is 0 Å². The Morgan fingerprint density at radius 2 is 2.24 bits per heavy atom. The Morgan fingerprint density at radius 3 is 3.00 bits per heavy atom. The maximum Gasteiger partial charge on any atom is 0.255 e. The van der Waals surface area contributed by atoms with Gasteiger partial charge < -0.3 is 14.5 Å². The van der Waals surface area contributed by atoms with Crippen LogP contribution in [0.5, 0.6) is 0 Å². The topological polar surface area (TPSA) is 81.4 Å². The van der Waals surface area contributed by atoms with Gasteiger partial charge in [-0.05, 0) is 44.2 Å². The van der Waals surface area contributed by atoms with Gasteiger partial charge in [-0.1, -0.05) is 13.8 Å². The molecular formula is C22H27N5O2. The van der Waals surface area contributed by atoms with E-state index in [2.05, 4.69) is 29.1 Å². The van der Waals surface area contributed by atoms with Gasteiger partial charge in [0.15, 0.2) is 0 Å². The quantitative estimate of drug-likeness (QED) is 0.719. The summed E-state index contributed by atoms with van der Waals surface area (Å²) in [6.45, 7) is 6.70. The zero-order valence-corrected chi connectivity index (χ0v) is 17.4. The number of amides is 1. The first-order valence-electron chi connectivity index (χ1n) is 10.0. The highest BCUT2D eigenvalue weighted by molar-refractivity contribution is 6.00. The number of fused-ring (bicyclic) bond motifs is 2. The average Bonchev–Trinajstić information content (AvgIpc) is 3.13. The molecule has 1 unspecified atom stereocenters. The Labute approximate surface area is 170 Å². The lowest BCUT2D eigenvalue weighted by molar-refractivity contribution is 0.0896. The number of ether oxygens (including phenoxy) is 1. The molecule has 4 rings (SSSR count). The fourth-order valence-corrected chi connectivity index (χ4v) is 4.10. The van der Waals surface area contributed by atoms with Crippen LogP contribution in [0.15, 0.2) is 30.9 Å². The lowest BCUT2D eigenvalue weighted by Gasteiger charge is -2.35. The summed E-state index contributed by atoms with van der Waals surface area (Å²) in [5, 5.41) is 3.24. The molecule has 1 aliphatic rings. The Balaban J connectivity index is 1.73.